The van der Waals surface area contributed by atoms with Gasteiger partial charge in [-0.15, -0.1) is 0 Å². The first kappa shape index (κ1) is 25.7. The molecule has 2 heterocycles. The lowest BCUT2D eigenvalue weighted by Gasteiger charge is -2.18. The zero-order chi connectivity index (χ0) is 27.3. The minimum absolute atomic E-state index is 0.314. The Morgan fingerprint density at radius 1 is 0.946 bits per heavy atom. The normalized spacial score (nSPS) is 12.9. The van der Waals surface area contributed by atoms with Crippen molar-refractivity contribution in [3.8, 4) is 5.69 Å². The predicted molar refractivity (Wildman–Crippen MR) is 125 cm³/mol. The van der Waals surface area contributed by atoms with Gasteiger partial charge >= 0.3 is 23.0 Å². The second kappa shape index (κ2) is 9.24. The molecule has 0 N–H and O–H groups in total. The number of hydrogen-bond acceptors (Lipinski definition) is 7. The number of ether oxygens (including phenoxy) is 1. The minimum Gasteiger partial charge on any atom is -0.462 e. The van der Waals surface area contributed by atoms with E-state index in [4.69, 9.17) is 16.3 Å². The highest BCUT2D eigenvalue weighted by Gasteiger charge is 2.40. The number of nitrogens with zero attached hydrogens (tertiary/aromatic N) is 4. The van der Waals surface area contributed by atoms with E-state index in [1.54, 1.807) is 13.8 Å². The van der Waals surface area contributed by atoms with Gasteiger partial charge in [-0.25, -0.2) is 41.8 Å². The number of halogens is 3. The largest absolute Gasteiger partial charge is 0.462 e. The Bertz CT molecular complexity index is 1690. The number of amides is 2. The van der Waals surface area contributed by atoms with E-state index in [0.717, 1.165) is 19.2 Å². The van der Waals surface area contributed by atoms with Crippen LogP contribution in [0.2, 0.25) is 5.02 Å². The average Bonchev–Trinajstić information content (AvgIpc) is 3.07. The van der Waals surface area contributed by atoms with Crippen LogP contribution in [0.25, 0.3) is 5.69 Å². The smallest absolute Gasteiger partial charge is 0.341 e. The van der Waals surface area contributed by atoms with Crippen LogP contribution in [-0.4, -0.2) is 37.6 Å². The fourth-order valence-electron chi connectivity index (χ4n) is 3.80. The number of fused-ring (bicyclic) bond motifs is 1. The quantitative estimate of drug-likeness (QED) is 0.357. The van der Waals surface area contributed by atoms with Gasteiger partial charge in [-0.3, -0.25) is 14.4 Å². The van der Waals surface area contributed by atoms with E-state index in [-0.39, 0.29) is 5.56 Å². The summed E-state index contributed by atoms with van der Waals surface area (Å²) in [5.74, 6) is -5.36. The molecule has 2 aromatic carbocycles. The number of hydrogen-bond donors (Lipinski definition) is 0. The lowest BCUT2D eigenvalue weighted by molar-refractivity contribution is -0.148. The molecule has 1 aliphatic rings. The molecule has 1 aromatic heterocycles. The number of anilines is 1. The van der Waals surface area contributed by atoms with Crippen molar-refractivity contribution in [3.05, 3.63) is 89.6 Å². The van der Waals surface area contributed by atoms with Crippen LogP contribution in [0.5, 0.6) is 0 Å². The Labute approximate surface area is 210 Å². The molecular weight excluding hydrogens is 518 g/mol. The zero-order valence-corrected chi connectivity index (χ0v) is 20.2. The van der Waals surface area contributed by atoms with E-state index in [2.05, 4.69) is 0 Å². The van der Waals surface area contributed by atoms with Crippen molar-refractivity contribution in [2.45, 2.75) is 26.5 Å². The lowest BCUT2D eigenvalue weighted by atomic mass is 10.1. The van der Waals surface area contributed by atoms with E-state index in [9.17, 15) is 37.5 Å². The SMILES string of the molecule is CC(C)OC(=O)Cn1c(=O)n(C)c(=O)n(-c2cc(N3C(=O)c4cccc(F)c4C3=O)c(F)cc2Cl)c1=O. The second-order valence-corrected chi connectivity index (χ2v) is 8.64. The molecule has 0 saturated heterocycles. The van der Waals surface area contributed by atoms with Gasteiger partial charge in [-0.2, -0.15) is 0 Å². The Morgan fingerprint density at radius 3 is 2.24 bits per heavy atom. The Kier molecular flexibility index (Phi) is 6.42. The topological polar surface area (TPSA) is 130 Å². The first-order valence-corrected chi connectivity index (χ1v) is 11.0. The summed E-state index contributed by atoms with van der Waals surface area (Å²) < 4.78 is 35.5. The average molecular weight is 535 g/mol. The molecule has 192 valence electrons. The lowest BCUT2D eigenvalue weighted by Crippen LogP contribution is -2.54. The molecule has 4 rings (SSSR count). The molecule has 14 heteroatoms. The molecular formula is C23H17ClF2N4O7. The highest BCUT2D eigenvalue weighted by atomic mass is 35.5. The molecule has 1 aliphatic heterocycles. The Hall–Kier alpha value is -4.39. The van der Waals surface area contributed by atoms with E-state index >= 15 is 0 Å². The molecule has 0 saturated carbocycles. The molecule has 0 bridgehead atoms. The maximum absolute atomic E-state index is 15.0. The number of esters is 1. The Balaban J connectivity index is 1.92. The van der Waals surface area contributed by atoms with Crippen molar-refractivity contribution < 1.29 is 27.9 Å². The van der Waals surface area contributed by atoms with Crippen molar-refractivity contribution >= 4 is 35.1 Å². The molecule has 3 aromatic rings. The second-order valence-electron chi connectivity index (χ2n) is 8.23. The number of rotatable bonds is 5. The predicted octanol–water partition coefficient (Wildman–Crippen LogP) is 1.38. The van der Waals surface area contributed by atoms with Gasteiger partial charge in [-0.1, -0.05) is 17.7 Å². The van der Waals surface area contributed by atoms with Crippen molar-refractivity contribution in [2.24, 2.45) is 7.05 Å². The van der Waals surface area contributed by atoms with Gasteiger partial charge in [0, 0.05) is 7.05 Å². The van der Waals surface area contributed by atoms with Gasteiger partial charge in [-0.05, 0) is 38.1 Å². The van der Waals surface area contributed by atoms with Crippen molar-refractivity contribution in [3.63, 3.8) is 0 Å². The highest BCUT2D eigenvalue weighted by Crippen LogP contribution is 2.34. The summed E-state index contributed by atoms with van der Waals surface area (Å²) in [6, 6.07) is 4.73. The van der Waals surface area contributed by atoms with Gasteiger partial charge in [0.05, 0.1) is 33.6 Å². The monoisotopic (exact) mass is 534 g/mol. The van der Waals surface area contributed by atoms with Gasteiger partial charge in [0.15, 0.2) is 0 Å². The Morgan fingerprint density at radius 2 is 1.62 bits per heavy atom. The summed E-state index contributed by atoms with van der Waals surface area (Å²) in [6.45, 7) is 2.24. The summed E-state index contributed by atoms with van der Waals surface area (Å²) in [5, 5.41) is -0.502. The molecule has 2 amide bonds. The van der Waals surface area contributed by atoms with Crippen LogP contribution in [-0.2, 0) is 23.1 Å². The molecule has 0 atom stereocenters. The summed E-state index contributed by atoms with van der Waals surface area (Å²) in [7, 11) is 1.02. The van der Waals surface area contributed by atoms with Crippen molar-refractivity contribution in [1.29, 1.82) is 0 Å². The molecule has 0 spiro atoms. The van der Waals surface area contributed by atoms with Gasteiger partial charge < -0.3 is 4.74 Å². The van der Waals surface area contributed by atoms with Crippen LogP contribution in [0.3, 0.4) is 0 Å². The fraction of sp³-hybridized carbons (Fsp3) is 0.217. The van der Waals surface area contributed by atoms with E-state index in [1.807, 2.05) is 0 Å². The molecule has 0 fully saturated rings. The molecule has 11 nitrogen and oxygen atoms in total. The first-order valence-electron chi connectivity index (χ1n) is 10.6. The third kappa shape index (κ3) is 4.16. The summed E-state index contributed by atoms with van der Waals surface area (Å²) in [5.41, 5.74) is -5.79. The van der Waals surface area contributed by atoms with Crippen LogP contribution >= 0.6 is 11.6 Å². The van der Waals surface area contributed by atoms with Crippen molar-refractivity contribution in [1.82, 2.24) is 13.7 Å². The number of carbonyl (C=O) groups is 3. The van der Waals surface area contributed by atoms with Crippen LogP contribution < -0.4 is 22.0 Å². The molecule has 0 aliphatic carbocycles. The van der Waals surface area contributed by atoms with Crippen LogP contribution in [0.15, 0.2) is 44.7 Å². The van der Waals surface area contributed by atoms with Crippen LogP contribution in [0.4, 0.5) is 14.5 Å². The maximum Gasteiger partial charge on any atom is 0.341 e. The summed E-state index contributed by atoms with van der Waals surface area (Å²) in [4.78, 5) is 76.8. The maximum atomic E-state index is 15.0. The first-order chi connectivity index (χ1) is 17.3. The van der Waals surface area contributed by atoms with Crippen LogP contribution in [0, 0.1) is 11.6 Å². The van der Waals surface area contributed by atoms with E-state index in [0.29, 0.717) is 24.7 Å². The third-order valence-electron chi connectivity index (χ3n) is 5.43. The number of imide groups is 1. The zero-order valence-electron chi connectivity index (χ0n) is 19.5. The van der Waals surface area contributed by atoms with E-state index in [1.165, 1.54) is 12.1 Å². The van der Waals surface area contributed by atoms with Crippen molar-refractivity contribution in [2.75, 3.05) is 4.90 Å². The number of benzene rings is 2. The number of aromatic nitrogens is 3. The standard InChI is InChI=1S/C23H17ClF2N4O7/c1-10(2)37-17(31)9-28-21(34)27(3)22(35)30(23(28)36)15-8-16(14(26)7-12(15)24)29-19(32)11-5-4-6-13(25)18(11)20(29)33/h4-8,10H,9H2,1-3H3. The van der Waals surface area contributed by atoms with Gasteiger partial charge in [0.2, 0.25) is 0 Å². The summed E-state index contributed by atoms with van der Waals surface area (Å²) >= 11 is 6.12. The molecule has 0 unspecified atom stereocenters. The molecule has 37 heavy (non-hydrogen) atoms. The van der Waals surface area contributed by atoms with Crippen LogP contribution in [0.1, 0.15) is 34.6 Å². The molecule has 0 radical (unpaired) electrons. The fourth-order valence-corrected chi connectivity index (χ4v) is 4.03. The summed E-state index contributed by atoms with van der Waals surface area (Å²) in [6.07, 6.45) is -0.559. The number of carbonyl (C=O) groups excluding carboxylic acids is 3. The highest BCUT2D eigenvalue weighted by molar-refractivity contribution is 6.35. The van der Waals surface area contributed by atoms with Gasteiger partial charge in [0.1, 0.15) is 18.2 Å². The minimum atomic E-state index is -1.32. The van der Waals surface area contributed by atoms with E-state index < -0.39 is 81.1 Å². The third-order valence-corrected chi connectivity index (χ3v) is 5.74. The van der Waals surface area contributed by atoms with Gasteiger partial charge in [0.25, 0.3) is 11.8 Å².